The summed E-state index contributed by atoms with van der Waals surface area (Å²) in [6.45, 7) is 9.38. The van der Waals surface area contributed by atoms with Gasteiger partial charge in [-0.2, -0.15) is 0 Å². The first-order chi connectivity index (χ1) is 7.39. The van der Waals surface area contributed by atoms with Crippen LogP contribution < -0.4 is 5.32 Å². The zero-order valence-electron chi connectivity index (χ0n) is 11.0. The molecular weight excluding hydrogens is 234 g/mol. The minimum atomic E-state index is -0.225. The van der Waals surface area contributed by atoms with E-state index < -0.39 is 0 Å². The molecule has 2 rings (SSSR count). The van der Waals surface area contributed by atoms with Gasteiger partial charge in [0.05, 0.1) is 6.61 Å². The second-order valence-corrected chi connectivity index (χ2v) is 5.69. The third-order valence-electron chi connectivity index (χ3n) is 2.98. The van der Waals surface area contributed by atoms with Gasteiger partial charge in [0, 0.05) is 12.0 Å². The van der Waals surface area contributed by atoms with E-state index in [1.165, 1.54) is 11.1 Å². The number of halogens is 1. The molecule has 2 nitrogen and oxygen atoms in total. The van der Waals surface area contributed by atoms with Crippen molar-refractivity contribution in [2.75, 3.05) is 6.61 Å². The van der Waals surface area contributed by atoms with Crippen LogP contribution in [0.5, 0.6) is 0 Å². The normalized spacial score (nSPS) is 26.6. The SMILES string of the molecule is Cc1cccc(CC2(C)NC(C)(C)CO2)c1.Cl. The molecule has 1 aliphatic heterocycles. The molecular formula is C14H22ClNO. The number of aryl methyl sites for hydroxylation is 1. The summed E-state index contributed by atoms with van der Waals surface area (Å²) in [7, 11) is 0. The quantitative estimate of drug-likeness (QED) is 0.877. The third-order valence-corrected chi connectivity index (χ3v) is 2.98. The highest BCUT2D eigenvalue weighted by Gasteiger charge is 2.39. The number of rotatable bonds is 2. The van der Waals surface area contributed by atoms with Crippen LogP contribution in [0.3, 0.4) is 0 Å². The lowest BCUT2D eigenvalue weighted by Crippen LogP contribution is -2.47. The van der Waals surface area contributed by atoms with E-state index in [4.69, 9.17) is 4.74 Å². The predicted molar refractivity (Wildman–Crippen MR) is 73.7 cm³/mol. The smallest absolute Gasteiger partial charge is 0.121 e. The molecule has 1 atom stereocenters. The van der Waals surface area contributed by atoms with Gasteiger partial charge in [0.25, 0.3) is 0 Å². The molecule has 1 aliphatic rings. The highest BCUT2D eigenvalue weighted by molar-refractivity contribution is 5.85. The molecule has 0 aromatic heterocycles. The van der Waals surface area contributed by atoms with Gasteiger partial charge in [-0.3, -0.25) is 5.32 Å². The Balaban J connectivity index is 0.00000144. The molecule has 1 unspecified atom stereocenters. The molecule has 1 heterocycles. The minimum absolute atomic E-state index is 0. The van der Waals surface area contributed by atoms with Crippen LogP contribution in [0, 0.1) is 6.92 Å². The predicted octanol–water partition coefficient (Wildman–Crippen LogP) is 3.07. The summed E-state index contributed by atoms with van der Waals surface area (Å²) in [5.41, 5.74) is 2.49. The Morgan fingerprint density at radius 1 is 1.29 bits per heavy atom. The fraction of sp³-hybridized carbons (Fsp3) is 0.571. The van der Waals surface area contributed by atoms with E-state index in [-0.39, 0.29) is 23.7 Å². The van der Waals surface area contributed by atoms with Crippen molar-refractivity contribution < 1.29 is 4.74 Å². The molecule has 0 spiro atoms. The summed E-state index contributed by atoms with van der Waals surface area (Å²) in [5.74, 6) is 0. The van der Waals surface area contributed by atoms with E-state index in [0.29, 0.717) is 0 Å². The van der Waals surface area contributed by atoms with Gasteiger partial charge < -0.3 is 4.74 Å². The van der Waals surface area contributed by atoms with Crippen LogP contribution in [0.1, 0.15) is 31.9 Å². The lowest BCUT2D eigenvalue weighted by Gasteiger charge is -2.26. The summed E-state index contributed by atoms with van der Waals surface area (Å²) in [6.07, 6.45) is 0.915. The van der Waals surface area contributed by atoms with Crippen molar-refractivity contribution in [3.8, 4) is 0 Å². The van der Waals surface area contributed by atoms with Gasteiger partial charge in [0.1, 0.15) is 5.72 Å². The Morgan fingerprint density at radius 3 is 2.53 bits per heavy atom. The van der Waals surface area contributed by atoms with Crippen LogP contribution in [0.15, 0.2) is 24.3 Å². The van der Waals surface area contributed by atoms with Gasteiger partial charge in [-0.05, 0) is 33.3 Å². The molecule has 1 saturated heterocycles. The van der Waals surface area contributed by atoms with Crippen molar-refractivity contribution in [3.05, 3.63) is 35.4 Å². The van der Waals surface area contributed by atoms with Crippen LogP contribution in [-0.4, -0.2) is 17.9 Å². The van der Waals surface area contributed by atoms with Crippen molar-refractivity contribution in [1.29, 1.82) is 0 Å². The molecule has 0 amide bonds. The summed E-state index contributed by atoms with van der Waals surface area (Å²) in [5, 5.41) is 3.55. The topological polar surface area (TPSA) is 21.3 Å². The van der Waals surface area contributed by atoms with Crippen molar-refractivity contribution in [2.45, 2.75) is 45.4 Å². The average Bonchev–Trinajstić information content (AvgIpc) is 2.40. The summed E-state index contributed by atoms with van der Waals surface area (Å²) in [4.78, 5) is 0. The van der Waals surface area contributed by atoms with E-state index >= 15 is 0 Å². The van der Waals surface area contributed by atoms with Gasteiger partial charge in [-0.1, -0.05) is 29.8 Å². The van der Waals surface area contributed by atoms with Crippen molar-refractivity contribution in [1.82, 2.24) is 5.32 Å². The largest absolute Gasteiger partial charge is 0.359 e. The van der Waals surface area contributed by atoms with E-state index in [9.17, 15) is 0 Å². The zero-order valence-corrected chi connectivity index (χ0v) is 11.9. The van der Waals surface area contributed by atoms with Crippen LogP contribution in [0.25, 0.3) is 0 Å². The van der Waals surface area contributed by atoms with Gasteiger partial charge in [-0.25, -0.2) is 0 Å². The molecule has 3 heteroatoms. The zero-order chi connectivity index (χ0) is 11.8. The maximum atomic E-state index is 5.89. The Kier molecular flexibility index (Phi) is 4.23. The highest BCUT2D eigenvalue weighted by Crippen LogP contribution is 2.26. The summed E-state index contributed by atoms with van der Waals surface area (Å²) < 4.78 is 5.89. The fourth-order valence-corrected chi connectivity index (χ4v) is 2.43. The number of nitrogens with one attached hydrogen (secondary N) is 1. The van der Waals surface area contributed by atoms with E-state index in [1.807, 2.05) is 0 Å². The molecule has 0 bridgehead atoms. The van der Waals surface area contributed by atoms with E-state index in [1.54, 1.807) is 0 Å². The maximum Gasteiger partial charge on any atom is 0.121 e. The first-order valence-electron chi connectivity index (χ1n) is 5.87. The van der Waals surface area contributed by atoms with Gasteiger partial charge >= 0.3 is 0 Å². The van der Waals surface area contributed by atoms with Crippen LogP contribution in [0.4, 0.5) is 0 Å². The number of ether oxygens (including phenoxy) is 1. The standard InChI is InChI=1S/C14H21NO.ClH/c1-11-6-5-7-12(8-11)9-14(4)15-13(2,3)10-16-14;/h5-8,15H,9-10H2,1-4H3;1H. The van der Waals surface area contributed by atoms with Crippen molar-refractivity contribution in [2.24, 2.45) is 0 Å². The minimum Gasteiger partial charge on any atom is -0.359 e. The number of hydrogen-bond donors (Lipinski definition) is 1. The third kappa shape index (κ3) is 3.70. The Hall–Kier alpha value is -0.570. The lowest BCUT2D eigenvalue weighted by atomic mass is 10.0. The van der Waals surface area contributed by atoms with E-state index in [0.717, 1.165) is 13.0 Å². The molecule has 1 N–H and O–H groups in total. The lowest BCUT2D eigenvalue weighted by molar-refractivity contribution is 0.00669. The molecule has 1 fully saturated rings. The van der Waals surface area contributed by atoms with E-state index in [2.05, 4.69) is 57.3 Å². The highest BCUT2D eigenvalue weighted by atomic mass is 35.5. The van der Waals surface area contributed by atoms with Gasteiger partial charge in [0.15, 0.2) is 0 Å². The average molecular weight is 256 g/mol. The monoisotopic (exact) mass is 255 g/mol. The Bertz CT molecular complexity index is 392. The molecule has 96 valence electrons. The van der Waals surface area contributed by atoms with Crippen molar-refractivity contribution >= 4 is 12.4 Å². The first kappa shape index (κ1) is 14.5. The van der Waals surface area contributed by atoms with Gasteiger partial charge in [0.2, 0.25) is 0 Å². The molecule has 0 radical (unpaired) electrons. The maximum absolute atomic E-state index is 5.89. The Labute approximate surface area is 110 Å². The Morgan fingerprint density at radius 2 is 2.00 bits per heavy atom. The summed E-state index contributed by atoms with van der Waals surface area (Å²) in [6, 6.07) is 8.61. The van der Waals surface area contributed by atoms with Crippen LogP contribution in [-0.2, 0) is 11.2 Å². The molecule has 0 saturated carbocycles. The second kappa shape index (κ2) is 4.97. The molecule has 1 aromatic carbocycles. The van der Waals surface area contributed by atoms with Gasteiger partial charge in [-0.15, -0.1) is 12.4 Å². The molecule has 0 aliphatic carbocycles. The summed E-state index contributed by atoms with van der Waals surface area (Å²) >= 11 is 0. The molecule has 1 aromatic rings. The first-order valence-corrected chi connectivity index (χ1v) is 5.87. The number of hydrogen-bond acceptors (Lipinski definition) is 2. The number of benzene rings is 1. The molecule has 17 heavy (non-hydrogen) atoms. The second-order valence-electron chi connectivity index (χ2n) is 5.69. The fourth-order valence-electron chi connectivity index (χ4n) is 2.43. The van der Waals surface area contributed by atoms with Crippen LogP contribution >= 0.6 is 12.4 Å². The van der Waals surface area contributed by atoms with Crippen molar-refractivity contribution in [3.63, 3.8) is 0 Å². The van der Waals surface area contributed by atoms with Crippen LogP contribution in [0.2, 0.25) is 0 Å².